The Labute approximate surface area is 90.5 Å². The van der Waals surface area contributed by atoms with Crippen molar-refractivity contribution in [3.63, 3.8) is 0 Å². The number of rotatable bonds is 6. The van der Waals surface area contributed by atoms with Gasteiger partial charge < -0.3 is 5.32 Å². The molecule has 1 aromatic rings. The van der Waals surface area contributed by atoms with Gasteiger partial charge >= 0.3 is 0 Å². The zero-order chi connectivity index (χ0) is 10.2. The highest BCUT2D eigenvalue weighted by atomic mass is 32.2. The van der Waals surface area contributed by atoms with E-state index in [1.54, 1.807) is 0 Å². The Balaban J connectivity index is 2.25. The average Bonchev–Trinajstić information content (AvgIpc) is 2.25. The quantitative estimate of drug-likeness (QED) is 0.730. The monoisotopic (exact) mass is 210 g/mol. The van der Waals surface area contributed by atoms with Crippen molar-refractivity contribution in [3.8, 4) is 0 Å². The zero-order valence-electron chi connectivity index (χ0n) is 8.86. The first-order valence-corrected chi connectivity index (χ1v) is 6.22. The normalized spacial score (nSPS) is 12.7. The van der Waals surface area contributed by atoms with Gasteiger partial charge in [0.05, 0.1) is 5.69 Å². The summed E-state index contributed by atoms with van der Waals surface area (Å²) in [6.45, 7) is 5.39. The fraction of sp³-hybridized carbons (Fsp3) is 0.545. The molecule has 0 fully saturated rings. The van der Waals surface area contributed by atoms with E-state index in [0.29, 0.717) is 6.04 Å². The Morgan fingerprint density at radius 1 is 1.50 bits per heavy atom. The number of nitrogens with zero attached hydrogens (tertiary/aromatic N) is 1. The largest absolute Gasteiger partial charge is 0.308 e. The molecule has 0 bridgehead atoms. The first-order chi connectivity index (χ1) is 6.84. The van der Waals surface area contributed by atoms with E-state index in [1.165, 1.54) is 11.5 Å². The SMILES string of the molecule is CCSCCNC(C)c1ccccn1. The van der Waals surface area contributed by atoms with Crippen molar-refractivity contribution in [1.82, 2.24) is 10.3 Å². The van der Waals surface area contributed by atoms with Crippen LogP contribution in [0.5, 0.6) is 0 Å². The molecule has 78 valence electrons. The molecule has 1 heterocycles. The van der Waals surface area contributed by atoms with E-state index in [4.69, 9.17) is 0 Å². The van der Waals surface area contributed by atoms with Crippen LogP contribution in [0, 0.1) is 0 Å². The second-order valence-corrected chi connectivity index (χ2v) is 4.52. The van der Waals surface area contributed by atoms with Crippen LogP contribution in [0.15, 0.2) is 24.4 Å². The number of nitrogens with one attached hydrogen (secondary N) is 1. The molecule has 1 rings (SSSR count). The Kier molecular flexibility index (Phi) is 5.64. The number of hydrogen-bond acceptors (Lipinski definition) is 3. The van der Waals surface area contributed by atoms with Gasteiger partial charge in [-0.25, -0.2) is 0 Å². The third kappa shape index (κ3) is 4.11. The van der Waals surface area contributed by atoms with Crippen LogP contribution < -0.4 is 5.32 Å². The Hall–Kier alpha value is -0.540. The van der Waals surface area contributed by atoms with E-state index < -0.39 is 0 Å². The molecule has 14 heavy (non-hydrogen) atoms. The van der Waals surface area contributed by atoms with Crippen molar-refractivity contribution < 1.29 is 0 Å². The van der Waals surface area contributed by atoms with Crippen LogP contribution in [-0.2, 0) is 0 Å². The molecule has 2 nitrogen and oxygen atoms in total. The minimum atomic E-state index is 0.355. The smallest absolute Gasteiger partial charge is 0.0570 e. The Morgan fingerprint density at radius 2 is 2.36 bits per heavy atom. The van der Waals surface area contributed by atoms with E-state index >= 15 is 0 Å². The van der Waals surface area contributed by atoms with Gasteiger partial charge in [0.15, 0.2) is 0 Å². The minimum absolute atomic E-state index is 0.355. The van der Waals surface area contributed by atoms with E-state index in [1.807, 2.05) is 30.1 Å². The Morgan fingerprint density at radius 3 is 3.00 bits per heavy atom. The van der Waals surface area contributed by atoms with Crippen molar-refractivity contribution >= 4 is 11.8 Å². The fourth-order valence-electron chi connectivity index (χ4n) is 1.23. The summed E-state index contributed by atoms with van der Waals surface area (Å²) in [7, 11) is 0. The molecule has 0 radical (unpaired) electrons. The fourth-order valence-corrected chi connectivity index (χ4v) is 1.78. The average molecular weight is 210 g/mol. The number of thioether (sulfide) groups is 1. The highest BCUT2D eigenvalue weighted by molar-refractivity contribution is 7.99. The van der Waals surface area contributed by atoms with Crippen LogP contribution in [0.4, 0.5) is 0 Å². The highest BCUT2D eigenvalue weighted by Crippen LogP contribution is 2.07. The van der Waals surface area contributed by atoms with Crippen LogP contribution in [0.3, 0.4) is 0 Å². The first-order valence-electron chi connectivity index (χ1n) is 5.06. The van der Waals surface area contributed by atoms with Crippen LogP contribution in [0.25, 0.3) is 0 Å². The van der Waals surface area contributed by atoms with Crippen molar-refractivity contribution in [2.45, 2.75) is 19.9 Å². The highest BCUT2D eigenvalue weighted by Gasteiger charge is 2.03. The summed E-state index contributed by atoms with van der Waals surface area (Å²) in [4.78, 5) is 4.31. The summed E-state index contributed by atoms with van der Waals surface area (Å²) in [6, 6.07) is 6.39. The predicted octanol–water partition coefficient (Wildman–Crippen LogP) is 2.49. The van der Waals surface area contributed by atoms with Crippen molar-refractivity contribution in [3.05, 3.63) is 30.1 Å². The van der Waals surface area contributed by atoms with Gasteiger partial charge in [-0.2, -0.15) is 11.8 Å². The van der Waals surface area contributed by atoms with E-state index in [0.717, 1.165) is 12.2 Å². The van der Waals surface area contributed by atoms with Gasteiger partial charge in [0.25, 0.3) is 0 Å². The molecule has 0 aliphatic rings. The summed E-state index contributed by atoms with van der Waals surface area (Å²) in [5.41, 5.74) is 1.12. The summed E-state index contributed by atoms with van der Waals surface area (Å²) in [5, 5.41) is 3.45. The molecule has 1 N–H and O–H groups in total. The summed E-state index contributed by atoms with van der Waals surface area (Å²) < 4.78 is 0. The van der Waals surface area contributed by atoms with Crippen molar-refractivity contribution in [2.24, 2.45) is 0 Å². The molecule has 1 unspecified atom stereocenters. The van der Waals surface area contributed by atoms with Gasteiger partial charge in [0, 0.05) is 24.5 Å². The molecular weight excluding hydrogens is 192 g/mol. The molecule has 0 amide bonds. The third-order valence-corrected chi connectivity index (χ3v) is 2.93. The molecule has 0 aromatic carbocycles. The summed E-state index contributed by atoms with van der Waals surface area (Å²) in [5.74, 6) is 2.37. The summed E-state index contributed by atoms with van der Waals surface area (Å²) in [6.07, 6.45) is 1.84. The number of aromatic nitrogens is 1. The lowest BCUT2D eigenvalue weighted by molar-refractivity contribution is 0.586. The van der Waals surface area contributed by atoms with Gasteiger partial charge in [-0.3, -0.25) is 4.98 Å². The number of hydrogen-bond donors (Lipinski definition) is 1. The number of pyridine rings is 1. The molecule has 0 spiro atoms. The molecule has 0 saturated heterocycles. The van der Waals surface area contributed by atoms with Crippen LogP contribution in [0.2, 0.25) is 0 Å². The van der Waals surface area contributed by atoms with Gasteiger partial charge in [-0.1, -0.05) is 13.0 Å². The molecule has 0 saturated carbocycles. The van der Waals surface area contributed by atoms with Crippen molar-refractivity contribution in [1.29, 1.82) is 0 Å². The molecule has 0 aliphatic heterocycles. The zero-order valence-corrected chi connectivity index (χ0v) is 9.68. The van der Waals surface area contributed by atoms with Crippen LogP contribution >= 0.6 is 11.8 Å². The van der Waals surface area contributed by atoms with Gasteiger partial charge in [-0.05, 0) is 24.8 Å². The molecule has 1 aromatic heterocycles. The van der Waals surface area contributed by atoms with Gasteiger partial charge in [-0.15, -0.1) is 0 Å². The topological polar surface area (TPSA) is 24.9 Å². The first kappa shape index (κ1) is 11.5. The maximum Gasteiger partial charge on any atom is 0.0570 e. The lowest BCUT2D eigenvalue weighted by Gasteiger charge is -2.12. The van der Waals surface area contributed by atoms with Gasteiger partial charge in [0.2, 0.25) is 0 Å². The molecule has 0 aliphatic carbocycles. The van der Waals surface area contributed by atoms with E-state index in [9.17, 15) is 0 Å². The lowest BCUT2D eigenvalue weighted by Crippen LogP contribution is -2.22. The maximum absolute atomic E-state index is 4.31. The second kappa shape index (κ2) is 6.85. The van der Waals surface area contributed by atoms with Crippen LogP contribution in [-0.4, -0.2) is 23.0 Å². The molecule has 3 heteroatoms. The van der Waals surface area contributed by atoms with Gasteiger partial charge in [0.1, 0.15) is 0 Å². The predicted molar refractivity (Wildman–Crippen MR) is 63.7 cm³/mol. The standard InChI is InChI=1S/C11H18N2S/c1-3-14-9-8-12-10(2)11-6-4-5-7-13-11/h4-7,10,12H,3,8-9H2,1-2H3. The van der Waals surface area contributed by atoms with E-state index in [-0.39, 0.29) is 0 Å². The summed E-state index contributed by atoms with van der Waals surface area (Å²) >= 11 is 1.96. The molecule has 1 atom stereocenters. The third-order valence-electron chi connectivity index (χ3n) is 2.03. The minimum Gasteiger partial charge on any atom is -0.308 e. The maximum atomic E-state index is 4.31. The van der Waals surface area contributed by atoms with Crippen LogP contribution in [0.1, 0.15) is 25.6 Å². The van der Waals surface area contributed by atoms with E-state index in [2.05, 4.69) is 30.2 Å². The second-order valence-electron chi connectivity index (χ2n) is 3.13. The lowest BCUT2D eigenvalue weighted by atomic mass is 10.2. The van der Waals surface area contributed by atoms with Crippen molar-refractivity contribution in [2.75, 3.05) is 18.1 Å². The Bertz CT molecular complexity index is 238. The molecular formula is C11H18N2S.